The lowest BCUT2D eigenvalue weighted by Crippen LogP contribution is -2.43. The second-order valence-electron chi connectivity index (χ2n) is 5.37. The highest BCUT2D eigenvalue weighted by Gasteiger charge is 2.05. The minimum absolute atomic E-state index is 0.375. The predicted molar refractivity (Wildman–Crippen MR) is 90.9 cm³/mol. The fourth-order valence-electron chi connectivity index (χ4n) is 2.25. The molecule has 0 amide bonds. The molecule has 0 bridgehead atoms. The van der Waals surface area contributed by atoms with Crippen molar-refractivity contribution in [3.05, 3.63) is 54.6 Å². The van der Waals surface area contributed by atoms with E-state index in [4.69, 9.17) is 0 Å². The molecule has 0 saturated carbocycles. The molecule has 118 valence electrons. The minimum Gasteiger partial charge on any atom is -0.355 e. The van der Waals surface area contributed by atoms with Gasteiger partial charge in [-0.25, -0.2) is 4.98 Å². The van der Waals surface area contributed by atoms with Crippen LogP contribution < -0.4 is 10.6 Å². The summed E-state index contributed by atoms with van der Waals surface area (Å²) in [6.45, 7) is 3.88. The Labute approximate surface area is 132 Å². The van der Waals surface area contributed by atoms with Gasteiger partial charge in [-0.05, 0) is 25.3 Å². The van der Waals surface area contributed by atoms with Gasteiger partial charge in [0.25, 0.3) is 0 Å². The van der Waals surface area contributed by atoms with E-state index < -0.39 is 0 Å². The van der Waals surface area contributed by atoms with Crippen LogP contribution in [-0.4, -0.2) is 35.1 Å². The number of aliphatic imine (C=N–C) groups is 1. The highest BCUT2D eigenvalue weighted by molar-refractivity contribution is 5.79. The van der Waals surface area contributed by atoms with Gasteiger partial charge in [-0.2, -0.15) is 0 Å². The first-order chi connectivity index (χ1) is 10.8. The van der Waals surface area contributed by atoms with E-state index in [9.17, 15) is 0 Å². The molecule has 1 aromatic carbocycles. The number of aryl methyl sites for hydroxylation is 1. The van der Waals surface area contributed by atoms with Crippen LogP contribution in [0.5, 0.6) is 0 Å². The normalized spacial score (nSPS) is 12.9. The van der Waals surface area contributed by atoms with Gasteiger partial charge in [-0.3, -0.25) is 4.99 Å². The highest BCUT2D eigenvalue weighted by atomic mass is 15.2. The zero-order valence-electron chi connectivity index (χ0n) is 13.4. The Balaban J connectivity index is 1.68. The first kappa shape index (κ1) is 16.1. The Hall–Kier alpha value is -2.30. The number of guanidine groups is 1. The predicted octanol–water partition coefficient (Wildman–Crippen LogP) is 2.07. The van der Waals surface area contributed by atoms with E-state index in [1.54, 1.807) is 13.2 Å². The third-order valence-electron chi connectivity index (χ3n) is 3.54. The third-order valence-corrected chi connectivity index (χ3v) is 3.54. The Morgan fingerprint density at radius 2 is 2.14 bits per heavy atom. The molecular weight excluding hydrogens is 274 g/mol. The van der Waals surface area contributed by atoms with Crippen molar-refractivity contribution in [2.24, 2.45) is 4.99 Å². The lowest BCUT2D eigenvalue weighted by molar-refractivity contribution is 0.585. The summed E-state index contributed by atoms with van der Waals surface area (Å²) >= 11 is 0. The lowest BCUT2D eigenvalue weighted by Gasteiger charge is -2.18. The van der Waals surface area contributed by atoms with E-state index >= 15 is 0 Å². The first-order valence-corrected chi connectivity index (χ1v) is 7.75. The van der Waals surface area contributed by atoms with Gasteiger partial charge in [0.15, 0.2) is 5.96 Å². The van der Waals surface area contributed by atoms with E-state index in [1.807, 2.05) is 17.1 Å². The first-order valence-electron chi connectivity index (χ1n) is 7.75. The maximum Gasteiger partial charge on any atom is 0.191 e. The van der Waals surface area contributed by atoms with Crippen molar-refractivity contribution in [1.29, 1.82) is 0 Å². The lowest BCUT2D eigenvalue weighted by atomic mass is 10.1. The molecule has 22 heavy (non-hydrogen) atoms. The van der Waals surface area contributed by atoms with Gasteiger partial charge in [0.05, 0.1) is 6.33 Å². The van der Waals surface area contributed by atoms with Crippen molar-refractivity contribution >= 4 is 5.96 Å². The summed E-state index contributed by atoms with van der Waals surface area (Å²) in [5.74, 6) is 0.848. The summed E-state index contributed by atoms with van der Waals surface area (Å²) in [5, 5.41) is 6.76. The number of rotatable bonds is 7. The quantitative estimate of drug-likeness (QED) is 0.608. The average molecular weight is 299 g/mol. The fourth-order valence-corrected chi connectivity index (χ4v) is 2.25. The van der Waals surface area contributed by atoms with Crippen LogP contribution in [0.15, 0.2) is 54.0 Å². The second kappa shape index (κ2) is 8.87. The van der Waals surface area contributed by atoms with Crippen molar-refractivity contribution in [3.8, 4) is 0 Å². The molecule has 5 heteroatoms. The van der Waals surface area contributed by atoms with E-state index in [0.29, 0.717) is 6.04 Å². The molecular formula is C17H25N5. The smallest absolute Gasteiger partial charge is 0.191 e. The Morgan fingerprint density at radius 1 is 1.32 bits per heavy atom. The van der Waals surface area contributed by atoms with Crippen LogP contribution in [0.4, 0.5) is 0 Å². The molecule has 2 N–H and O–H groups in total. The molecule has 0 saturated heterocycles. The number of hydrogen-bond acceptors (Lipinski definition) is 2. The van der Waals surface area contributed by atoms with Gasteiger partial charge in [0.2, 0.25) is 0 Å². The number of aromatic nitrogens is 2. The van der Waals surface area contributed by atoms with Gasteiger partial charge >= 0.3 is 0 Å². The van der Waals surface area contributed by atoms with Crippen LogP contribution in [0.1, 0.15) is 18.9 Å². The monoisotopic (exact) mass is 299 g/mol. The molecule has 1 aromatic heterocycles. The molecule has 2 rings (SSSR count). The number of nitrogens with one attached hydrogen (secondary N) is 2. The summed E-state index contributed by atoms with van der Waals surface area (Å²) < 4.78 is 2.04. The van der Waals surface area contributed by atoms with Gasteiger partial charge in [0, 0.05) is 38.6 Å². The van der Waals surface area contributed by atoms with Gasteiger partial charge in [-0.1, -0.05) is 30.3 Å². The van der Waals surface area contributed by atoms with E-state index in [-0.39, 0.29) is 0 Å². The van der Waals surface area contributed by atoms with Gasteiger partial charge in [-0.15, -0.1) is 0 Å². The number of hydrogen-bond donors (Lipinski definition) is 2. The molecule has 1 heterocycles. The fraction of sp³-hybridized carbons (Fsp3) is 0.412. The topological polar surface area (TPSA) is 54.2 Å². The van der Waals surface area contributed by atoms with Crippen LogP contribution in [-0.2, 0) is 13.0 Å². The molecule has 2 aromatic rings. The van der Waals surface area contributed by atoms with E-state index in [2.05, 4.69) is 57.9 Å². The molecule has 0 fully saturated rings. The Kier molecular flexibility index (Phi) is 6.48. The maximum absolute atomic E-state index is 4.27. The van der Waals surface area contributed by atoms with Crippen molar-refractivity contribution in [3.63, 3.8) is 0 Å². The van der Waals surface area contributed by atoms with Crippen LogP contribution in [0.25, 0.3) is 0 Å². The molecule has 0 aliphatic carbocycles. The standard InChI is InChI=1S/C17H25N5/c1-15(8-9-16-6-4-3-5-7-16)21-17(18-2)20-11-13-22-12-10-19-14-22/h3-7,10,12,14-15H,8-9,11,13H2,1-2H3,(H2,18,20,21). The molecule has 0 aliphatic heterocycles. The van der Waals surface area contributed by atoms with Crippen molar-refractivity contribution < 1.29 is 0 Å². The zero-order chi connectivity index (χ0) is 15.6. The van der Waals surface area contributed by atoms with Gasteiger partial charge in [0.1, 0.15) is 0 Å². The van der Waals surface area contributed by atoms with E-state index in [1.165, 1.54) is 5.56 Å². The molecule has 0 spiro atoms. The number of benzene rings is 1. The summed E-state index contributed by atoms with van der Waals surface area (Å²) in [6, 6.07) is 10.9. The van der Waals surface area contributed by atoms with Crippen LogP contribution in [0.2, 0.25) is 0 Å². The minimum atomic E-state index is 0.375. The number of nitrogens with zero attached hydrogens (tertiary/aromatic N) is 3. The molecule has 1 atom stereocenters. The van der Waals surface area contributed by atoms with Crippen molar-refractivity contribution in [2.45, 2.75) is 32.4 Å². The maximum atomic E-state index is 4.27. The van der Waals surface area contributed by atoms with Crippen molar-refractivity contribution in [2.75, 3.05) is 13.6 Å². The summed E-state index contributed by atoms with van der Waals surface area (Å²) in [4.78, 5) is 8.30. The highest BCUT2D eigenvalue weighted by Crippen LogP contribution is 2.04. The molecule has 5 nitrogen and oxygen atoms in total. The SMILES string of the molecule is CN=C(NCCn1ccnc1)NC(C)CCc1ccccc1. The van der Waals surface area contributed by atoms with Crippen molar-refractivity contribution in [1.82, 2.24) is 20.2 Å². The van der Waals surface area contributed by atoms with Crippen LogP contribution >= 0.6 is 0 Å². The molecule has 0 aliphatic rings. The summed E-state index contributed by atoms with van der Waals surface area (Å²) in [7, 11) is 1.80. The Bertz CT molecular complexity index is 548. The summed E-state index contributed by atoms with van der Waals surface area (Å²) in [6.07, 6.45) is 7.71. The Morgan fingerprint density at radius 3 is 2.82 bits per heavy atom. The average Bonchev–Trinajstić information content (AvgIpc) is 3.06. The third kappa shape index (κ3) is 5.60. The molecule has 0 radical (unpaired) electrons. The second-order valence-corrected chi connectivity index (χ2v) is 5.37. The van der Waals surface area contributed by atoms with Crippen LogP contribution in [0, 0.1) is 0 Å². The number of imidazole rings is 1. The largest absolute Gasteiger partial charge is 0.355 e. The zero-order valence-corrected chi connectivity index (χ0v) is 13.4. The summed E-state index contributed by atoms with van der Waals surface area (Å²) in [5.41, 5.74) is 1.37. The molecule has 1 unspecified atom stereocenters. The van der Waals surface area contributed by atoms with Gasteiger partial charge < -0.3 is 15.2 Å². The van der Waals surface area contributed by atoms with Crippen LogP contribution in [0.3, 0.4) is 0 Å². The van der Waals surface area contributed by atoms with E-state index in [0.717, 1.165) is 31.9 Å².